The van der Waals surface area contributed by atoms with Crippen molar-refractivity contribution in [2.24, 2.45) is 0 Å². The van der Waals surface area contributed by atoms with Crippen molar-refractivity contribution in [2.45, 2.75) is 77.6 Å². The van der Waals surface area contributed by atoms with E-state index in [0.717, 1.165) is 0 Å². The lowest BCUT2D eigenvalue weighted by atomic mass is 10.0. The molecule has 0 nitrogen and oxygen atoms in total. The third-order valence-corrected chi connectivity index (χ3v) is 5.73. The van der Waals surface area contributed by atoms with E-state index < -0.39 is 0 Å². The molecule has 0 amide bonds. The summed E-state index contributed by atoms with van der Waals surface area (Å²) in [5.41, 5.74) is 1.46. The van der Waals surface area contributed by atoms with E-state index in [1.54, 1.807) is 11.3 Å². The van der Waals surface area contributed by atoms with Crippen molar-refractivity contribution >= 4 is 33.3 Å². The van der Waals surface area contributed by atoms with Gasteiger partial charge in [0.15, 0.2) is 0 Å². The zero-order chi connectivity index (χ0) is 14.6. The van der Waals surface area contributed by atoms with Crippen LogP contribution in [0.25, 0.3) is 6.08 Å². The quantitative estimate of drug-likeness (QED) is 0.338. The lowest BCUT2D eigenvalue weighted by Gasteiger charge is -2.02. The molecule has 0 aromatic carbocycles. The van der Waals surface area contributed by atoms with E-state index in [9.17, 15) is 0 Å². The van der Waals surface area contributed by atoms with Crippen LogP contribution in [-0.2, 0) is 6.42 Å². The van der Waals surface area contributed by atoms with Gasteiger partial charge in [0.1, 0.15) is 0 Å². The maximum absolute atomic E-state index is 3.83. The van der Waals surface area contributed by atoms with E-state index in [4.69, 9.17) is 0 Å². The second-order valence-electron chi connectivity index (χ2n) is 5.58. The summed E-state index contributed by atoms with van der Waals surface area (Å²) in [5, 5.41) is 0. The Bertz CT molecular complexity index is 367. The minimum absolute atomic E-state index is 1.21. The zero-order valence-corrected chi connectivity index (χ0v) is 15.3. The predicted molar refractivity (Wildman–Crippen MR) is 97.7 cm³/mol. The number of hydrogen-bond acceptors (Lipinski definition) is 1. The average Bonchev–Trinajstić information content (AvgIpc) is 2.81. The van der Waals surface area contributed by atoms with Gasteiger partial charge < -0.3 is 0 Å². The highest BCUT2D eigenvalue weighted by atomic mass is 79.9. The molecule has 0 aliphatic rings. The molecule has 0 unspecified atom stereocenters. The van der Waals surface area contributed by atoms with Gasteiger partial charge in [-0.25, -0.2) is 0 Å². The molecule has 20 heavy (non-hydrogen) atoms. The van der Waals surface area contributed by atoms with Crippen LogP contribution < -0.4 is 0 Å². The maximum Gasteiger partial charge on any atom is 0.0736 e. The Morgan fingerprint density at radius 2 is 1.55 bits per heavy atom. The first-order chi connectivity index (χ1) is 9.77. The van der Waals surface area contributed by atoms with E-state index >= 15 is 0 Å². The van der Waals surface area contributed by atoms with Crippen LogP contribution in [0.1, 0.15) is 81.6 Å². The van der Waals surface area contributed by atoms with Crippen LogP contribution >= 0.6 is 27.3 Å². The van der Waals surface area contributed by atoms with Crippen LogP contribution in [0.5, 0.6) is 0 Å². The largest absolute Gasteiger partial charge is 0.129 e. The van der Waals surface area contributed by atoms with Crippen molar-refractivity contribution in [1.82, 2.24) is 0 Å². The molecule has 0 aliphatic carbocycles. The Kier molecular flexibility index (Phi) is 10.4. The standard InChI is InChI=1S/C18H29BrS/c1-3-5-6-7-8-9-10-11-12-13-14-16-15-17(4-2)20-18(16)19/h4,15H,2-3,5-14H2,1H3. The molecule has 1 aromatic rings. The second kappa shape index (κ2) is 11.6. The number of unbranched alkanes of at least 4 members (excludes halogenated alkanes) is 9. The number of rotatable bonds is 12. The Morgan fingerprint density at radius 3 is 2.05 bits per heavy atom. The van der Waals surface area contributed by atoms with Crippen molar-refractivity contribution in [1.29, 1.82) is 0 Å². The van der Waals surface area contributed by atoms with E-state index in [2.05, 4.69) is 35.5 Å². The molecule has 1 aromatic heterocycles. The van der Waals surface area contributed by atoms with Crippen LogP contribution in [0.3, 0.4) is 0 Å². The van der Waals surface area contributed by atoms with E-state index in [-0.39, 0.29) is 0 Å². The summed E-state index contributed by atoms with van der Waals surface area (Å²) in [7, 11) is 0. The third kappa shape index (κ3) is 7.64. The van der Waals surface area contributed by atoms with E-state index in [1.165, 1.54) is 84.9 Å². The molecule has 0 aliphatic heterocycles. The zero-order valence-electron chi connectivity index (χ0n) is 12.9. The SMILES string of the molecule is C=Cc1cc(CCCCCCCCCCCC)c(Br)s1. The lowest BCUT2D eigenvalue weighted by molar-refractivity contribution is 0.556. The first-order valence-corrected chi connectivity index (χ1v) is 9.79. The van der Waals surface area contributed by atoms with Crippen molar-refractivity contribution in [3.05, 3.63) is 26.9 Å². The van der Waals surface area contributed by atoms with Gasteiger partial charge in [-0.3, -0.25) is 0 Å². The van der Waals surface area contributed by atoms with Crippen LogP contribution in [0.15, 0.2) is 16.4 Å². The fraction of sp³-hybridized carbons (Fsp3) is 0.667. The molecule has 0 fully saturated rings. The molecule has 0 spiro atoms. The van der Waals surface area contributed by atoms with Crippen molar-refractivity contribution in [2.75, 3.05) is 0 Å². The normalized spacial score (nSPS) is 10.9. The van der Waals surface area contributed by atoms with Crippen LogP contribution in [0.2, 0.25) is 0 Å². The topological polar surface area (TPSA) is 0 Å². The van der Waals surface area contributed by atoms with Gasteiger partial charge in [0, 0.05) is 4.88 Å². The summed E-state index contributed by atoms with van der Waals surface area (Å²) in [6.45, 7) is 6.11. The summed E-state index contributed by atoms with van der Waals surface area (Å²) < 4.78 is 1.29. The molecule has 1 rings (SSSR count). The third-order valence-electron chi connectivity index (χ3n) is 3.78. The fourth-order valence-electron chi connectivity index (χ4n) is 2.50. The highest BCUT2D eigenvalue weighted by molar-refractivity contribution is 9.11. The van der Waals surface area contributed by atoms with Crippen molar-refractivity contribution in [3.63, 3.8) is 0 Å². The van der Waals surface area contributed by atoms with Gasteiger partial charge in [-0.05, 0) is 40.4 Å². The molecule has 0 N–H and O–H groups in total. The van der Waals surface area contributed by atoms with Gasteiger partial charge in [-0.15, -0.1) is 11.3 Å². The molecule has 0 bridgehead atoms. The van der Waals surface area contributed by atoms with Crippen LogP contribution in [-0.4, -0.2) is 0 Å². The summed E-state index contributed by atoms with van der Waals surface area (Å²) in [4.78, 5) is 1.28. The first kappa shape index (κ1) is 18.0. The Hall–Kier alpha value is -0.0800. The number of hydrogen-bond donors (Lipinski definition) is 0. The summed E-state index contributed by atoms with van der Waals surface area (Å²) in [5.74, 6) is 0. The van der Waals surface area contributed by atoms with Gasteiger partial charge in [0.2, 0.25) is 0 Å². The molecular formula is C18H29BrS. The molecule has 2 heteroatoms. The molecular weight excluding hydrogens is 328 g/mol. The molecule has 1 heterocycles. The van der Waals surface area contributed by atoms with Crippen LogP contribution in [0, 0.1) is 0 Å². The molecule has 0 saturated carbocycles. The monoisotopic (exact) mass is 356 g/mol. The second-order valence-corrected chi connectivity index (χ2v) is 7.99. The van der Waals surface area contributed by atoms with E-state index in [1.807, 2.05) is 6.08 Å². The van der Waals surface area contributed by atoms with Gasteiger partial charge in [0.05, 0.1) is 3.79 Å². The lowest BCUT2D eigenvalue weighted by Crippen LogP contribution is -1.85. The molecule has 0 saturated heterocycles. The number of thiophene rings is 1. The van der Waals surface area contributed by atoms with Crippen molar-refractivity contribution < 1.29 is 0 Å². The van der Waals surface area contributed by atoms with Gasteiger partial charge in [-0.2, -0.15) is 0 Å². The van der Waals surface area contributed by atoms with Gasteiger partial charge in [-0.1, -0.05) is 77.4 Å². The number of halogens is 1. The first-order valence-electron chi connectivity index (χ1n) is 8.18. The predicted octanol–water partition coefficient (Wildman–Crippen LogP) is 7.62. The summed E-state index contributed by atoms with van der Waals surface area (Å²) in [6.07, 6.45) is 17.2. The highest BCUT2D eigenvalue weighted by Crippen LogP contribution is 2.30. The van der Waals surface area contributed by atoms with Gasteiger partial charge in [0.25, 0.3) is 0 Å². The molecule has 114 valence electrons. The maximum atomic E-state index is 3.83. The Labute approximate surface area is 137 Å². The molecule has 0 atom stereocenters. The van der Waals surface area contributed by atoms with Gasteiger partial charge >= 0.3 is 0 Å². The minimum Gasteiger partial charge on any atom is -0.129 e. The summed E-state index contributed by atoms with van der Waals surface area (Å²) >= 11 is 5.45. The van der Waals surface area contributed by atoms with Crippen molar-refractivity contribution in [3.8, 4) is 0 Å². The van der Waals surface area contributed by atoms with E-state index in [0.29, 0.717) is 0 Å². The van der Waals surface area contributed by atoms with Crippen LogP contribution in [0.4, 0.5) is 0 Å². The smallest absolute Gasteiger partial charge is 0.0736 e. The Morgan fingerprint density at radius 1 is 1.00 bits per heavy atom. The minimum atomic E-state index is 1.21. The average molecular weight is 357 g/mol. The summed E-state index contributed by atoms with van der Waals surface area (Å²) in [6, 6.07) is 2.27. The Balaban J connectivity index is 1.96. The highest BCUT2D eigenvalue weighted by Gasteiger charge is 2.04. The fourth-order valence-corrected chi connectivity index (χ4v) is 4.16. The number of aryl methyl sites for hydroxylation is 1. The molecule has 0 radical (unpaired) electrons.